The van der Waals surface area contributed by atoms with Crippen LogP contribution in [0.1, 0.15) is 11.5 Å². The van der Waals surface area contributed by atoms with Crippen molar-refractivity contribution in [2.45, 2.75) is 18.7 Å². The lowest BCUT2D eigenvalue weighted by Gasteiger charge is -2.09. The Bertz CT molecular complexity index is 854. The number of sulfonamides is 2. The van der Waals surface area contributed by atoms with Crippen molar-refractivity contribution in [1.29, 1.82) is 0 Å². The molecule has 0 saturated heterocycles. The summed E-state index contributed by atoms with van der Waals surface area (Å²) in [5.74, 6) is -0.245. The average Bonchev–Trinajstić information content (AvgIpc) is 2.78. The summed E-state index contributed by atoms with van der Waals surface area (Å²) in [6, 6.07) is 8.35. The Labute approximate surface area is 135 Å². The van der Waals surface area contributed by atoms with Crippen molar-refractivity contribution >= 4 is 25.7 Å². The molecule has 0 atom stereocenters. The molecule has 0 unspecified atom stereocenters. The maximum absolute atomic E-state index is 12.2. The summed E-state index contributed by atoms with van der Waals surface area (Å²) < 4.78 is 57.6. The number of aryl methyl sites for hydroxylation is 2. The molecule has 1 heterocycles. The molecule has 0 spiro atoms. The van der Waals surface area contributed by atoms with Gasteiger partial charge in [0.15, 0.2) is 5.76 Å². The third-order valence-corrected chi connectivity index (χ3v) is 5.94. The number of rotatable bonds is 7. The van der Waals surface area contributed by atoms with E-state index in [1.165, 1.54) is 13.8 Å². The van der Waals surface area contributed by atoms with E-state index in [2.05, 4.69) is 14.6 Å². The van der Waals surface area contributed by atoms with Gasteiger partial charge in [0.1, 0.15) is 10.6 Å². The van der Waals surface area contributed by atoms with Crippen LogP contribution in [0.5, 0.6) is 0 Å². The van der Waals surface area contributed by atoms with Gasteiger partial charge in [0.25, 0.3) is 0 Å². The summed E-state index contributed by atoms with van der Waals surface area (Å²) in [7, 11) is -7.53. The molecule has 0 amide bonds. The van der Waals surface area contributed by atoms with Gasteiger partial charge in [-0.2, -0.15) is 0 Å². The fraction of sp³-hybridized carbons (Fsp3) is 0.308. The van der Waals surface area contributed by atoms with Gasteiger partial charge in [-0.25, -0.2) is 21.6 Å². The van der Waals surface area contributed by atoms with Crippen LogP contribution in [-0.4, -0.2) is 34.3 Å². The van der Waals surface area contributed by atoms with Crippen LogP contribution in [0.15, 0.2) is 39.8 Å². The van der Waals surface area contributed by atoms with Crippen molar-refractivity contribution in [2.75, 3.05) is 17.0 Å². The van der Waals surface area contributed by atoms with Gasteiger partial charge in [0.2, 0.25) is 20.0 Å². The van der Waals surface area contributed by atoms with Crippen LogP contribution in [-0.2, 0) is 20.0 Å². The molecule has 1 aromatic carbocycles. The molecule has 0 bridgehead atoms. The van der Waals surface area contributed by atoms with E-state index >= 15 is 0 Å². The van der Waals surface area contributed by atoms with Crippen molar-refractivity contribution in [3.05, 3.63) is 41.8 Å². The predicted octanol–water partition coefficient (Wildman–Crippen LogP) is 1.01. The van der Waals surface area contributed by atoms with E-state index in [0.29, 0.717) is 5.69 Å². The second-order valence-electron chi connectivity index (χ2n) is 4.84. The largest absolute Gasteiger partial charge is 0.360 e. The van der Waals surface area contributed by atoms with Gasteiger partial charge in [0.05, 0.1) is 5.75 Å². The SMILES string of the molecule is Cc1noc(C)c1S(=O)(=O)NCCS(=O)(=O)Nc1ccccc1. The fourth-order valence-electron chi connectivity index (χ4n) is 1.98. The molecule has 1 aromatic heterocycles. The smallest absolute Gasteiger partial charge is 0.245 e. The molecule has 0 aliphatic carbocycles. The highest BCUT2D eigenvalue weighted by molar-refractivity contribution is 7.92. The van der Waals surface area contributed by atoms with Gasteiger partial charge in [0, 0.05) is 12.2 Å². The first-order valence-electron chi connectivity index (χ1n) is 6.69. The van der Waals surface area contributed by atoms with E-state index in [9.17, 15) is 16.8 Å². The van der Waals surface area contributed by atoms with Crippen molar-refractivity contribution in [1.82, 2.24) is 9.88 Å². The quantitative estimate of drug-likeness (QED) is 0.762. The second-order valence-corrected chi connectivity index (χ2v) is 8.38. The van der Waals surface area contributed by atoms with Crippen molar-refractivity contribution in [3.63, 3.8) is 0 Å². The van der Waals surface area contributed by atoms with Crippen LogP contribution in [0.3, 0.4) is 0 Å². The number of nitrogens with one attached hydrogen (secondary N) is 2. The highest BCUT2D eigenvalue weighted by Gasteiger charge is 2.24. The molecule has 0 radical (unpaired) electrons. The molecule has 126 valence electrons. The van der Waals surface area contributed by atoms with Gasteiger partial charge in [-0.1, -0.05) is 23.4 Å². The van der Waals surface area contributed by atoms with Gasteiger partial charge >= 0.3 is 0 Å². The first-order valence-corrected chi connectivity index (χ1v) is 9.83. The number of hydrogen-bond donors (Lipinski definition) is 2. The summed E-state index contributed by atoms with van der Waals surface area (Å²) in [4.78, 5) is -0.0640. The summed E-state index contributed by atoms with van der Waals surface area (Å²) in [6.07, 6.45) is 0. The average molecular weight is 359 g/mol. The third-order valence-electron chi connectivity index (χ3n) is 2.95. The first kappa shape index (κ1) is 17.4. The highest BCUT2D eigenvalue weighted by Crippen LogP contribution is 2.18. The summed E-state index contributed by atoms with van der Waals surface area (Å²) in [5.41, 5.74) is 0.640. The summed E-state index contributed by atoms with van der Waals surface area (Å²) >= 11 is 0. The summed E-state index contributed by atoms with van der Waals surface area (Å²) in [6.45, 7) is 2.70. The Balaban J connectivity index is 1.99. The van der Waals surface area contributed by atoms with Crippen LogP contribution in [0.2, 0.25) is 0 Å². The standard InChI is InChI=1S/C13H17N3O5S2/c1-10-13(11(2)21-15-10)23(19,20)14-8-9-22(17,18)16-12-6-4-3-5-7-12/h3-7,14,16H,8-9H2,1-2H3. The fourth-order valence-corrected chi connectivity index (χ4v) is 4.43. The second kappa shape index (κ2) is 6.69. The van der Waals surface area contributed by atoms with Crippen molar-refractivity contribution in [3.8, 4) is 0 Å². The zero-order valence-electron chi connectivity index (χ0n) is 12.6. The maximum atomic E-state index is 12.2. The molecule has 2 rings (SSSR count). The lowest BCUT2D eigenvalue weighted by Crippen LogP contribution is -2.31. The lowest BCUT2D eigenvalue weighted by molar-refractivity contribution is 0.390. The van der Waals surface area contributed by atoms with Gasteiger partial charge in [-0.05, 0) is 26.0 Å². The number of benzene rings is 1. The Morgan fingerprint density at radius 2 is 1.74 bits per heavy atom. The van der Waals surface area contributed by atoms with Crippen molar-refractivity contribution < 1.29 is 21.4 Å². The molecule has 0 saturated carbocycles. The maximum Gasteiger partial charge on any atom is 0.245 e. The molecule has 8 nitrogen and oxygen atoms in total. The highest BCUT2D eigenvalue weighted by atomic mass is 32.2. The van der Waals surface area contributed by atoms with Crippen LogP contribution < -0.4 is 9.44 Å². The zero-order valence-corrected chi connectivity index (χ0v) is 14.2. The lowest BCUT2D eigenvalue weighted by atomic mass is 10.3. The van der Waals surface area contributed by atoms with Gasteiger partial charge < -0.3 is 4.52 Å². The molecule has 0 aliphatic rings. The first-order chi connectivity index (χ1) is 10.7. The normalized spacial score (nSPS) is 12.3. The predicted molar refractivity (Wildman–Crippen MR) is 85.0 cm³/mol. The topological polar surface area (TPSA) is 118 Å². The number of anilines is 1. The monoisotopic (exact) mass is 359 g/mol. The molecular weight excluding hydrogens is 342 g/mol. The molecular formula is C13H17N3O5S2. The van der Waals surface area contributed by atoms with Crippen LogP contribution in [0.4, 0.5) is 5.69 Å². The minimum Gasteiger partial charge on any atom is -0.360 e. The van der Waals surface area contributed by atoms with E-state index in [1.54, 1.807) is 30.3 Å². The Morgan fingerprint density at radius 1 is 1.09 bits per heavy atom. The van der Waals surface area contributed by atoms with Crippen LogP contribution in [0.25, 0.3) is 0 Å². The van der Waals surface area contributed by atoms with E-state index in [1.807, 2.05) is 0 Å². The molecule has 23 heavy (non-hydrogen) atoms. The van der Waals surface area contributed by atoms with E-state index in [-0.39, 0.29) is 22.9 Å². The number of nitrogens with zero attached hydrogens (tertiary/aromatic N) is 1. The van der Waals surface area contributed by atoms with E-state index < -0.39 is 25.8 Å². The van der Waals surface area contributed by atoms with E-state index in [0.717, 1.165) is 0 Å². The molecule has 2 aromatic rings. The Kier molecular flexibility index (Phi) is 5.07. The van der Waals surface area contributed by atoms with Crippen LogP contribution >= 0.6 is 0 Å². The number of hydrogen-bond acceptors (Lipinski definition) is 6. The minimum absolute atomic E-state index is 0.0640. The third kappa shape index (κ3) is 4.53. The number of para-hydroxylation sites is 1. The Morgan fingerprint density at radius 3 is 2.30 bits per heavy atom. The van der Waals surface area contributed by atoms with E-state index in [4.69, 9.17) is 4.52 Å². The zero-order chi connectivity index (χ0) is 17.1. The number of aromatic nitrogens is 1. The van der Waals surface area contributed by atoms with Gasteiger partial charge in [-0.15, -0.1) is 0 Å². The van der Waals surface area contributed by atoms with Crippen LogP contribution in [0, 0.1) is 13.8 Å². The Hall–Kier alpha value is -1.91. The molecule has 0 fully saturated rings. The summed E-state index contributed by atoms with van der Waals surface area (Å²) in [5, 5.41) is 3.57. The molecule has 10 heteroatoms. The molecule has 0 aliphatic heterocycles. The minimum atomic E-state index is -3.87. The van der Waals surface area contributed by atoms with Crippen molar-refractivity contribution in [2.24, 2.45) is 0 Å². The van der Waals surface area contributed by atoms with Gasteiger partial charge in [-0.3, -0.25) is 4.72 Å². The molecule has 2 N–H and O–H groups in total.